The third-order valence-electron chi connectivity index (χ3n) is 6.11. The number of carboxylic acids is 1. The van der Waals surface area contributed by atoms with Gasteiger partial charge < -0.3 is 10.4 Å². The lowest BCUT2D eigenvalue weighted by molar-refractivity contribution is -0.136. The van der Waals surface area contributed by atoms with Gasteiger partial charge in [-0.1, -0.05) is 84.6 Å². The number of aliphatic carboxylic acids is 1. The Labute approximate surface area is 228 Å². The Bertz CT molecular complexity index is 1310. The number of nitrogens with one attached hydrogen (secondary N) is 1. The molecule has 0 unspecified atom stereocenters. The first kappa shape index (κ1) is 27.0. The molecule has 38 heavy (non-hydrogen) atoms. The number of carbonyl (C=O) groups excluding carboxylic acids is 1. The molecule has 4 aromatic rings. The summed E-state index contributed by atoms with van der Waals surface area (Å²) in [7, 11) is 0. The molecule has 6 heteroatoms. The summed E-state index contributed by atoms with van der Waals surface area (Å²) in [4.78, 5) is 28.1. The zero-order chi connectivity index (χ0) is 26.6. The normalized spacial score (nSPS) is 10.6. The minimum Gasteiger partial charge on any atom is -0.481 e. The van der Waals surface area contributed by atoms with E-state index in [1.165, 1.54) is 11.1 Å². The minimum absolute atomic E-state index is 0.00463. The maximum Gasteiger partial charge on any atom is 0.321 e. The van der Waals surface area contributed by atoms with Crippen LogP contribution in [-0.4, -0.2) is 30.2 Å². The van der Waals surface area contributed by atoms with Gasteiger partial charge in [0.05, 0.1) is 6.42 Å². The van der Waals surface area contributed by atoms with Crippen molar-refractivity contribution in [3.05, 3.63) is 126 Å². The molecule has 4 aromatic carbocycles. The SMILES string of the molecule is O=C(O)Cc1cccc(Sc2ccc(N(CCCc3ccccc3)C(=O)NCCc3ccccc3)cc2)c1. The molecule has 0 saturated heterocycles. The summed E-state index contributed by atoms with van der Waals surface area (Å²) < 4.78 is 0. The van der Waals surface area contributed by atoms with Crippen LogP contribution in [-0.2, 0) is 24.1 Å². The Morgan fingerprint density at radius 1 is 0.711 bits per heavy atom. The lowest BCUT2D eigenvalue weighted by atomic mass is 10.1. The first-order valence-electron chi connectivity index (χ1n) is 12.8. The Hall–Kier alpha value is -4.03. The van der Waals surface area contributed by atoms with Gasteiger partial charge in [-0.15, -0.1) is 0 Å². The van der Waals surface area contributed by atoms with Gasteiger partial charge in [0.25, 0.3) is 0 Å². The molecule has 5 nitrogen and oxygen atoms in total. The fourth-order valence-electron chi connectivity index (χ4n) is 4.21. The number of carbonyl (C=O) groups is 2. The third kappa shape index (κ3) is 8.53. The maximum absolute atomic E-state index is 13.2. The maximum atomic E-state index is 13.2. The molecule has 0 aromatic heterocycles. The van der Waals surface area contributed by atoms with Crippen LogP contribution >= 0.6 is 11.8 Å². The van der Waals surface area contributed by atoms with E-state index in [2.05, 4.69) is 29.6 Å². The highest BCUT2D eigenvalue weighted by Gasteiger charge is 2.15. The standard InChI is InChI=1S/C32H32N2O3S/c35-31(36)24-27-13-7-15-30(23-27)38-29-18-16-28(17-19-29)34(22-8-14-25-9-3-1-4-10-25)32(37)33-21-20-26-11-5-2-6-12-26/h1-7,9-13,15-19,23H,8,14,20-22,24H2,(H,33,37)(H,35,36). The number of hydrogen-bond acceptors (Lipinski definition) is 3. The summed E-state index contributed by atoms with van der Waals surface area (Å²) >= 11 is 1.57. The van der Waals surface area contributed by atoms with Crippen molar-refractivity contribution in [2.75, 3.05) is 18.0 Å². The van der Waals surface area contributed by atoms with E-state index in [4.69, 9.17) is 5.11 Å². The van der Waals surface area contributed by atoms with Crippen molar-refractivity contribution in [3.8, 4) is 0 Å². The number of amides is 2. The van der Waals surface area contributed by atoms with E-state index in [1.807, 2.05) is 89.8 Å². The van der Waals surface area contributed by atoms with E-state index in [-0.39, 0.29) is 12.5 Å². The molecule has 0 fully saturated rings. The molecule has 2 N–H and O–H groups in total. The molecule has 0 bridgehead atoms. The first-order valence-corrected chi connectivity index (χ1v) is 13.6. The molecule has 0 spiro atoms. The van der Waals surface area contributed by atoms with Crippen molar-refractivity contribution < 1.29 is 14.7 Å². The molecule has 0 aliphatic carbocycles. The van der Waals surface area contributed by atoms with Gasteiger partial charge in [-0.2, -0.15) is 0 Å². The zero-order valence-electron chi connectivity index (χ0n) is 21.3. The number of hydrogen-bond donors (Lipinski definition) is 2. The summed E-state index contributed by atoms with van der Waals surface area (Å²) in [5.41, 5.74) is 4.07. The van der Waals surface area contributed by atoms with Crippen LogP contribution in [0.2, 0.25) is 0 Å². The van der Waals surface area contributed by atoms with Crippen LogP contribution in [0.25, 0.3) is 0 Å². The largest absolute Gasteiger partial charge is 0.481 e. The van der Waals surface area contributed by atoms with Gasteiger partial charge in [0.2, 0.25) is 0 Å². The van der Waals surface area contributed by atoms with E-state index in [0.29, 0.717) is 13.1 Å². The molecule has 0 atom stereocenters. The number of carboxylic acid groups (broad SMARTS) is 1. The van der Waals surface area contributed by atoms with E-state index in [0.717, 1.165) is 40.3 Å². The van der Waals surface area contributed by atoms with Crippen molar-refractivity contribution in [2.45, 2.75) is 35.5 Å². The summed E-state index contributed by atoms with van der Waals surface area (Å²) in [6.45, 7) is 1.18. The predicted molar refractivity (Wildman–Crippen MR) is 154 cm³/mol. The highest BCUT2D eigenvalue weighted by atomic mass is 32.2. The molecule has 194 valence electrons. The Kier molecular flexibility index (Phi) is 9.99. The highest BCUT2D eigenvalue weighted by molar-refractivity contribution is 7.99. The van der Waals surface area contributed by atoms with Gasteiger partial charge in [-0.3, -0.25) is 9.69 Å². The van der Waals surface area contributed by atoms with Gasteiger partial charge in [0.15, 0.2) is 0 Å². The number of benzene rings is 4. The monoisotopic (exact) mass is 524 g/mol. The van der Waals surface area contributed by atoms with Crippen LogP contribution in [0.4, 0.5) is 10.5 Å². The van der Waals surface area contributed by atoms with Crippen LogP contribution in [0, 0.1) is 0 Å². The van der Waals surface area contributed by atoms with Crippen LogP contribution in [0.3, 0.4) is 0 Å². The van der Waals surface area contributed by atoms with Crippen LogP contribution in [0.5, 0.6) is 0 Å². The van der Waals surface area contributed by atoms with E-state index >= 15 is 0 Å². The summed E-state index contributed by atoms with van der Waals surface area (Å²) in [5.74, 6) is -0.842. The van der Waals surface area contributed by atoms with Gasteiger partial charge in [-0.05, 0) is 72.4 Å². The second kappa shape index (κ2) is 14.1. The van der Waals surface area contributed by atoms with Crippen molar-refractivity contribution in [3.63, 3.8) is 0 Å². The van der Waals surface area contributed by atoms with Crippen LogP contribution in [0.1, 0.15) is 23.1 Å². The van der Waals surface area contributed by atoms with Gasteiger partial charge in [0, 0.05) is 28.6 Å². The zero-order valence-corrected chi connectivity index (χ0v) is 22.1. The molecular formula is C32H32N2O3S. The lowest BCUT2D eigenvalue weighted by Gasteiger charge is -2.24. The molecule has 0 heterocycles. The molecule has 0 aliphatic heterocycles. The molecule has 0 aliphatic rings. The van der Waals surface area contributed by atoms with Crippen molar-refractivity contribution >= 4 is 29.4 Å². The number of anilines is 1. The van der Waals surface area contributed by atoms with E-state index in [9.17, 15) is 9.59 Å². The second-order valence-corrected chi connectivity index (χ2v) is 10.2. The van der Waals surface area contributed by atoms with Crippen molar-refractivity contribution in [2.24, 2.45) is 0 Å². The topological polar surface area (TPSA) is 69.6 Å². The Morgan fingerprint density at radius 3 is 2.00 bits per heavy atom. The number of urea groups is 1. The average molecular weight is 525 g/mol. The molecule has 2 amide bonds. The quantitative estimate of drug-likeness (QED) is 0.213. The number of aryl methyl sites for hydroxylation is 1. The fraction of sp³-hybridized carbons (Fsp3) is 0.188. The lowest BCUT2D eigenvalue weighted by Crippen LogP contribution is -2.41. The van der Waals surface area contributed by atoms with Gasteiger partial charge in [-0.25, -0.2) is 4.79 Å². The smallest absolute Gasteiger partial charge is 0.321 e. The van der Waals surface area contributed by atoms with E-state index < -0.39 is 5.97 Å². The first-order chi connectivity index (χ1) is 18.6. The predicted octanol–water partition coefficient (Wildman–Crippen LogP) is 6.86. The summed E-state index contributed by atoms with van der Waals surface area (Å²) in [6, 6.07) is 35.9. The molecular weight excluding hydrogens is 492 g/mol. The van der Waals surface area contributed by atoms with E-state index in [1.54, 1.807) is 11.8 Å². The molecule has 4 rings (SSSR count). The second-order valence-electron chi connectivity index (χ2n) is 9.02. The van der Waals surface area contributed by atoms with Crippen LogP contribution < -0.4 is 10.2 Å². The Balaban J connectivity index is 1.41. The number of rotatable bonds is 12. The highest BCUT2D eigenvalue weighted by Crippen LogP contribution is 2.30. The van der Waals surface area contributed by atoms with Crippen LogP contribution in [0.15, 0.2) is 119 Å². The number of nitrogens with zero attached hydrogens (tertiary/aromatic N) is 1. The molecule has 0 radical (unpaired) electrons. The fourth-order valence-corrected chi connectivity index (χ4v) is 5.11. The summed E-state index contributed by atoms with van der Waals surface area (Å²) in [5, 5.41) is 12.2. The summed E-state index contributed by atoms with van der Waals surface area (Å²) in [6.07, 6.45) is 2.53. The van der Waals surface area contributed by atoms with Crippen molar-refractivity contribution in [1.29, 1.82) is 0 Å². The van der Waals surface area contributed by atoms with Gasteiger partial charge in [0.1, 0.15) is 0 Å². The average Bonchev–Trinajstić information content (AvgIpc) is 2.93. The van der Waals surface area contributed by atoms with Gasteiger partial charge >= 0.3 is 12.0 Å². The Morgan fingerprint density at radius 2 is 1.34 bits per heavy atom. The van der Waals surface area contributed by atoms with Crippen molar-refractivity contribution in [1.82, 2.24) is 5.32 Å². The molecule has 0 saturated carbocycles. The minimum atomic E-state index is -0.842. The third-order valence-corrected chi connectivity index (χ3v) is 7.10.